The Morgan fingerprint density at radius 3 is 2.34 bits per heavy atom. The van der Waals surface area contributed by atoms with Gasteiger partial charge in [-0.25, -0.2) is 9.78 Å². The molecule has 3 aromatic rings. The van der Waals surface area contributed by atoms with Crippen LogP contribution in [0.2, 0.25) is 0 Å². The van der Waals surface area contributed by atoms with Gasteiger partial charge in [0.1, 0.15) is 28.7 Å². The third-order valence-electron chi connectivity index (χ3n) is 4.16. The molecule has 0 aliphatic rings. The van der Waals surface area contributed by atoms with Crippen LogP contribution in [-0.4, -0.2) is 39.4 Å². The highest BCUT2D eigenvalue weighted by Crippen LogP contribution is 2.33. The van der Waals surface area contributed by atoms with Crippen LogP contribution >= 0.6 is 11.3 Å². The maximum Gasteiger partial charge on any atom is 0.342 e. The van der Waals surface area contributed by atoms with Gasteiger partial charge in [-0.3, -0.25) is 0 Å². The lowest BCUT2D eigenvalue weighted by Crippen LogP contribution is -2.07. The maximum absolute atomic E-state index is 12.4. The Morgan fingerprint density at radius 2 is 1.66 bits per heavy atom. The zero-order chi connectivity index (χ0) is 20.8. The molecule has 0 radical (unpaired) electrons. The lowest BCUT2D eigenvalue weighted by Gasteiger charge is -2.09. The second-order valence-electron chi connectivity index (χ2n) is 5.86. The number of hydrogen-bond acceptors (Lipinski definition) is 8. The number of hydrogen-bond donors (Lipinski definition) is 0. The number of ether oxygens (including phenoxy) is 5. The standard InChI is InChI=1S/C21H21NO6S/c1-24-15-6-7-16(18(10-15)26-3)21(23)28-11-14-12-29-20(22-14)13-5-8-17(25-2)19(9-13)27-4/h5-10,12H,11H2,1-4H3. The van der Waals surface area contributed by atoms with Crippen LogP contribution in [-0.2, 0) is 11.3 Å². The molecule has 0 N–H and O–H groups in total. The molecule has 0 unspecified atom stereocenters. The molecular formula is C21H21NO6S. The molecular weight excluding hydrogens is 394 g/mol. The quantitative estimate of drug-likeness (QED) is 0.510. The van der Waals surface area contributed by atoms with E-state index in [0.717, 1.165) is 10.6 Å². The second-order valence-corrected chi connectivity index (χ2v) is 6.71. The Balaban J connectivity index is 1.70. The van der Waals surface area contributed by atoms with Gasteiger partial charge in [0.15, 0.2) is 11.5 Å². The van der Waals surface area contributed by atoms with Crippen LogP contribution in [0.15, 0.2) is 41.8 Å². The molecule has 0 saturated heterocycles. The van der Waals surface area contributed by atoms with E-state index in [4.69, 9.17) is 23.7 Å². The largest absolute Gasteiger partial charge is 0.497 e. The summed E-state index contributed by atoms with van der Waals surface area (Å²) in [4.78, 5) is 17.0. The van der Waals surface area contributed by atoms with Crippen molar-refractivity contribution in [3.63, 3.8) is 0 Å². The van der Waals surface area contributed by atoms with Gasteiger partial charge in [0.2, 0.25) is 0 Å². The van der Waals surface area contributed by atoms with Gasteiger partial charge < -0.3 is 23.7 Å². The summed E-state index contributed by atoms with van der Waals surface area (Å²) in [5.74, 6) is 1.76. The molecule has 0 fully saturated rings. The van der Waals surface area contributed by atoms with Crippen molar-refractivity contribution in [1.29, 1.82) is 0 Å². The zero-order valence-electron chi connectivity index (χ0n) is 16.6. The highest BCUT2D eigenvalue weighted by Gasteiger charge is 2.16. The van der Waals surface area contributed by atoms with Crippen molar-refractivity contribution in [2.24, 2.45) is 0 Å². The first-order chi connectivity index (χ1) is 14.1. The molecule has 152 valence electrons. The van der Waals surface area contributed by atoms with Crippen molar-refractivity contribution in [2.45, 2.75) is 6.61 Å². The Labute approximate surface area is 172 Å². The molecule has 29 heavy (non-hydrogen) atoms. The molecule has 0 spiro atoms. The molecule has 3 rings (SSSR count). The fourth-order valence-corrected chi connectivity index (χ4v) is 3.46. The number of carbonyl (C=O) groups is 1. The maximum atomic E-state index is 12.4. The minimum absolute atomic E-state index is 0.0534. The van der Waals surface area contributed by atoms with E-state index in [1.165, 1.54) is 18.4 Å². The predicted molar refractivity (Wildman–Crippen MR) is 109 cm³/mol. The Hall–Kier alpha value is -3.26. The molecule has 0 aliphatic heterocycles. The number of nitrogens with zero attached hydrogens (tertiary/aromatic N) is 1. The van der Waals surface area contributed by atoms with Crippen molar-refractivity contribution < 1.29 is 28.5 Å². The highest BCUT2D eigenvalue weighted by atomic mass is 32.1. The summed E-state index contributed by atoms with van der Waals surface area (Å²) in [6.07, 6.45) is 0. The van der Waals surface area contributed by atoms with Crippen molar-refractivity contribution in [2.75, 3.05) is 28.4 Å². The van der Waals surface area contributed by atoms with Gasteiger partial charge in [-0.05, 0) is 30.3 Å². The summed E-state index contributed by atoms with van der Waals surface area (Å²) >= 11 is 1.46. The van der Waals surface area contributed by atoms with Crippen LogP contribution in [0.1, 0.15) is 16.1 Å². The number of rotatable bonds is 8. The molecule has 0 aliphatic carbocycles. The molecule has 1 aromatic heterocycles. The van der Waals surface area contributed by atoms with Gasteiger partial charge in [0, 0.05) is 17.0 Å². The summed E-state index contributed by atoms with van der Waals surface area (Å²) in [6.45, 7) is 0.0534. The van der Waals surface area contributed by atoms with Gasteiger partial charge in [0.05, 0.1) is 34.1 Å². The van der Waals surface area contributed by atoms with E-state index in [0.29, 0.717) is 34.3 Å². The van der Waals surface area contributed by atoms with E-state index in [2.05, 4.69) is 4.98 Å². The molecule has 0 saturated carbocycles. The van der Waals surface area contributed by atoms with Crippen LogP contribution < -0.4 is 18.9 Å². The SMILES string of the molecule is COc1ccc(C(=O)OCc2csc(-c3ccc(OC)c(OC)c3)n2)c(OC)c1. The molecule has 0 atom stereocenters. The summed E-state index contributed by atoms with van der Waals surface area (Å²) in [5, 5.41) is 2.64. The molecule has 8 heteroatoms. The number of esters is 1. The van der Waals surface area contributed by atoms with Gasteiger partial charge in [0.25, 0.3) is 0 Å². The first kappa shape index (κ1) is 20.5. The van der Waals surface area contributed by atoms with E-state index in [1.54, 1.807) is 39.5 Å². The van der Waals surface area contributed by atoms with E-state index < -0.39 is 5.97 Å². The third-order valence-corrected chi connectivity index (χ3v) is 5.10. The fraction of sp³-hybridized carbons (Fsp3) is 0.238. The summed E-state index contributed by atoms with van der Waals surface area (Å²) in [5.41, 5.74) is 1.87. The normalized spacial score (nSPS) is 10.3. The van der Waals surface area contributed by atoms with Gasteiger partial charge in [-0.2, -0.15) is 0 Å². The van der Waals surface area contributed by atoms with Crippen molar-refractivity contribution in [3.05, 3.63) is 53.0 Å². The minimum Gasteiger partial charge on any atom is -0.497 e. The Bertz CT molecular complexity index is 1000. The van der Waals surface area contributed by atoms with E-state index in [-0.39, 0.29) is 6.61 Å². The third kappa shape index (κ3) is 4.60. The lowest BCUT2D eigenvalue weighted by atomic mass is 10.2. The van der Waals surface area contributed by atoms with Crippen LogP contribution in [0.3, 0.4) is 0 Å². The molecule has 2 aromatic carbocycles. The Kier molecular flexibility index (Phi) is 6.56. The first-order valence-corrected chi connectivity index (χ1v) is 9.53. The van der Waals surface area contributed by atoms with Gasteiger partial charge in [-0.1, -0.05) is 0 Å². The van der Waals surface area contributed by atoms with Crippen molar-refractivity contribution >= 4 is 17.3 Å². The highest BCUT2D eigenvalue weighted by molar-refractivity contribution is 7.13. The number of carbonyl (C=O) groups excluding carboxylic acids is 1. The average Bonchev–Trinajstić information content (AvgIpc) is 3.25. The smallest absolute Gasteiger partial charge is 0.342 e. The molecule has 1 heterocycles. The molecule has 0 bridgehead atoms. The summed E-state index contributed by atoms with van der Waals surface area (Å²) < 4.78 is 26.4. The Morgan fingerprint density at radius 1 is 0.897 bits per heavy atom. The predicted octanol–water partition coefficient (Wildman–Crippen LogP) is 4.20. The molecule has 7 nitrogen and oxygen atoms in total. The second kappa shape index (κ2) is 9.29. The zero-order valence-corrected chi connectivity index (χ0v) is 17.4. The first-order valence-electron chi connectivity index (χ1n) is 8.65. The number of thiazole rings is 1. The fourth-order valence-electron chi connectivity index (χ4n) is 2.66. The minimum atomic E-state index is -0.495. The van der Waals surface area contributed by atoms with Gasteiger partial charge in [-0.15, -0.1) is 11.3 Å². The van der Waals surface area contributed by atoms with Crippen LogP contribution in [0.4, 0.5) is 0 Å². The van der Waals surface area contributed by atoms with E-state index in [9.17, 15) is 4.79 Å². The van der Waals surface area contributed by atoms with Crippen LogP contribution in [0.25, 0.3) is 10.6 Å². The van der Waals surface area contributed by atoms with Gasteiger partial charge >= 0.3 is 5.97 Å². The summed E-state index contributed by atoms with van der Waals surface area (Å²) in [6, 6.07) is 10.5. The molecule has 0 amide bonds. The van der Waals surface area contributed by atoms with Crippen LogP contribution in [0.5, 0.6) is 23.0 Å². The topological polar surface area (TPSA) is 76.1 Å². The summed E-state index contributed by atoms with van der Waals surface area (Å²) in [7, 11) is 6.21. The van der Waals surface area contributed by atoms with E-state index in [1.807, 2.05) is 23.6 Å². The van der Waals surface area contributed by atoms with Crippen molar-refractivity contribution in [3.8, 4) is 33.6 Å². The lowest BCUT2D eigenvalue weighted by molar-refractivity contribution is 0.0465. The number of aromatic nitrogens is 1. The average molecular weight is 415 g/mol. The monoisotopic (exact) mass is 415 g/mol. The van der Waals surface area contributed by atoms with Crippen molar-refractivity contribution in [1.82, 2.24) is 4.98 Å². The van der Waals surface area contributed by atoms with E-state index >= 15 is 0 Å². The number of methoxy groups -OCH3 is 4. The van der Waals surface area contributed by atoms with Crippen LogP contribution in [0, 0.1) is 0 Å². The number of benzene rings is 2.